The van der Waals surface area contributed by atoms with E-state index in [0.717, 1.165) is 23.3 Å². The first-order valence-electron chi connectivity index (χ1n) is 5.76. The fourth-order valence-corrected chi connectivity index (χ4v) is 1.97. The lowest BCUT2D eigenvalue weighted by Gasteiger charge is -2.09. The van der Waals surface area contributed by atoms with E-state index in [-0.39, 0.29) is 11.3 Å². The van der Waals surface area contributed by atoms with Crippen molar-refractivity contribution >= 4 is 11.5 Å². The van der Waals surface area contributed by atoms with Crippen molar-refractivity contribution in [2.24, 2.45) is 0 Å². The molecule has 0 unspecified atom stereocenters. The van der Waals surface area contributed by atoms with Crippen LogP contribution in [0.4, 0.5) is 14.5 Å². The van der Waals surface area contributed by atoms with Gasteiger partial charge in [-0.3, -0.25) is 4.79 Å². The SMILES string of the molecule is Cc1ccc(C(=O)c2cc(F)c(F)cc2N)c(C)c1. The van der Waals surface area contributed by atoms with Crippen LogP contribution in [-0.4, -0.2) is 5.78 Å². The molecule has 0 aliphatic carbocycles. The van der Waals surface area contributed by atoms with E-state index in [1.54, 1.807) is 19.1 Å². The molecule has 4 heteroatoms. The summed E-state index contributed by atoms with van der Waals surface area (Å²) in [5.41, 5.74) is 7.72. The van der Waals surface area contributed by atoms with E-state index >= 15 is 0 Å². The van der Waals surface area contributed by atoms with Crippen LogP contribution >= 0.6 is 0 Å². The van der Waals surface area contributed by atoms with Crippen LogP contribution in [-0.2, 0) is 0 Å². The van der Waals surface area contributed by atoms with Crippen molar-refractivity contribution in [1.82, 2.24) is 0 Å². The number of nitrogens with two attached hydrogens (primary N) is 1. The van der Waals surface area contributed by atoms with Crippen LogP contribution in [0.5, 0.6) is 0 Å². The first kappa shape index (κ1) is 13.2. The normalized spacial score (nSPS) is 10.5. The minimum atomic E-state index is -1.08. The van der Waals surface area contributed by atoms with Crippen LogP contribution in [0.1, 0.15) is 27.0 Å². The summed E-state index contributed by atoms with van der Waals surface area (Å²) in [6, 6.07) is 6.96. The molecule has 98 valence electrons. The van der Waals surface area contributed by atoms with E-state index in [0.29, 0.717) is 5.56 Å². The van der Waals surface area contributed by atoms with E-state index < -0.39 is 17.4 Å². The average Bonchev–Trinajstić information content (AvgIpc) is 2.33. The number of ketones is 1. The molecule has 2 nitrogen and oxygen atoms in total. The van der Waals surface area contributed by atoms with Gasteiger partial charge in [0.25, 0.3) is 0 Å². The highest BCUT2D eigenvalue weighted by Gasteiger charge is 2.17. The molecule has 0 fully saturated rings. The van der Waals surface area contributed by atoms with Gasteiger partial charge in [0.2, 0.25) is 0 Å². The first-order chi connectivity index (χ1) is 8.90. The van der Waals surface area contributed by atoms with Gasteiger partial charge in [-0.1, -0.05) is 23.8 Å². The first-order valence-corrected chi connectivity index (χ1v) is 5.76. The molecule has 0 aliphatic rings. The number of carbonyl (C=O) groups excluding carboxylic acids is 1. The van der Waals surface area contributed by atoms with Crippen molar-refractivity contribution in [2.75, 3.05) is 5.73 Å². The number of halogens is 2. The van der Waals surface area contributed by atoms with Crippen molar-refractivity contribution in [3.8, 4) is 0 Å². The van der Waals surface area contributed by atoms with Crippen LogP contribution < -0.4 is 5.73 Å². The largest absolute Gasteiger partial charge is 0.398 e. The Morgan fingerprint density at radius 1 is 1.00 bits per heavy atom. The fourth-order valence-electron chi connectivity index (χ4n) is 1.97. The number of aryl methyl sites for hydroxylation is 2. The number of benzene rings is 2. The highest BCUT2D eigenvalue weighted by Crippen LogP contribution is 2.22. The van der Waals surface area contributed by atoms with Crippen LogP contribution in [0.25, 0.3) is 0 Å². The summed E-state index contributed by atoms with van der Waals surface area (Å²) in [5, 5.41) is 0. The van der Waals surface area contributed by atoms with Crippen molar-refractivity contribution in [2.45, 2.75) is 13.8 Å². The third-order valence-electron chi connectivity index (χ3n) is 2.96. The van der Waals surface area contributed by atoms with Gasteiger partial charge >= 0.3 is 0 Å². The molecule has 0 aliphatic heterocycles. The van der Waals surface area contributed by atoms with E-state index in [9.17, 15) is 13.6 Å². The van der Waals surface area contributed by atoms with Gasteiger partial charge in [-0.05, 0) is 25.5 Å². The van der Waals surface area contributed by atoms with E-state index in [1.165, 1.54) is 0 Å². The van der Waals surface area contributed by atoms with Crippen molar-refractivity contribution in [3.05, 3.63) is 64.2 Å². The minimum absolute atomic E-state index is 0.0224. The Morgan fingerprint density at radius 3 is 2.26 bits per heavy atom. The van der Waals surface area contributed by atoms with Crippen molar-refractivity contribution in [1.29, 1.82) is 0 Å². The molecule has 0 atom stereocenters. The number of carbonyl (C=O) groups is 1. The summed E-state index contributed by atoms with van der Waals surface area (Å²) >= 11 is 0. The van der Waals surface area contributed by atoms with Crippen molar-refractivity contribution in [3.63, 3.8) is 0 Å². The molecule has 2 rings (SSSR count). The predicted molar refractivity (Wildman–Crippen MR) is 70.1 cm³/mol. The summed E-state index contributed by atoms with van der Waals surface area (Å²) in [6.45, 7) is 3.70. The van der Waals surface area contributed by atoms with Crippen LogP contribution in [0.2, 0.25) is 0 Å². The van der Waals surface area contributed by atoms with Gasteiger partial charge in [-0.25, -0.2) is 8.78 Å². The number of rotatable bonds is 2. The van der Waals surface area contributed by atoms with Gasteiger partial charge in [0.05, 0.1) is 0 Å². The monoisotopic (exact) mass is 261 g/mol. The summed E-state index contributed by atoms with van der Waals surface area (Å²) in [5.74, 6) is -2.55. The molecule has 0 amide bonds. The fraction of sp³-hybridized carbons (Fsp3) is 0.133. The Balaban J connectivity index is 2.53. The molecule has 0 heterocycles. The van der Waals surface area contributed by atoms with Gasteiger partial charge in [-0.15, -0.1) is 0 Å². The van der Waals surface area contributed by atoms with Crippen LogP contribution in [0.15, 0.2) is 30.3 Å². The summed E-state index contributed by atoms with van der Waals surface area (Å²) < 4.78 is 26.2. The maximum absolute atomic E-state index is 13.2. The molecular weight excluding hydrogens is 248 g/mol. The molecule has 0 spiro atoms. The minimum Gasteiger partial charge on any atom is -0.398 e. The lowest BCUT2D eigenvalue weighted by atomic mass is 9.96. The molecule has 0 saturated heterocycles. The molecule has 0 saturated carbocycles. The van der Waals surface area contributed by atoms with Gasteiger partial charge in [0.1, 0.15) is 0 Å². The molecule has 0 radical (unpaired) electrons. The lowest BCUT2D eigenvalue weighted by molar-refractivity contribution is 0.103. The Labute approximate surface area is 109 Å². The second kappa shape index (κ2) is 4.80. The third kappa shape index (κ3) is 2.47. The molecule has 2 N–H and O–H groups in total. The topological polar surface area (TPSA) is 43.1 Å². The Bertz CT molecular complexity index is 665. The van der Waals surface area contributed by atoms with Crippen molar-refractivity contribution < 1.29 is 13.6 Å². The quantitative estimate of drug-likeness (QED) is 0.665. The number of hydrogen-bond donors (Lipinski definition) is 1. The smallest absolute Gasteiger partial charge is 0.195 e. The zero-order valence-corrected chi connectivity index (χ0v) is 10.6. The highest BCUT2D eigenvalue weighted by atomic mass is 19.2. The van der Waals surface area contributed by atoms with Gasteiger partial charge in [0.15, 0.2) is 17.4 Å². The highest BCUT2D eigenvalue weighted by molar-refractivity contribution is 6.12. The van der Waals surface area contributed by atoms with Gasteiger partial charge in [-0.2, -0.15) is 0 Å². The zero-order valence-electron chi connectivity index (χ0n) is 10.6. The maximum Gasteiger partial charge on any atom is 0.195 e. The Hall–Kier alpha value is -2.23. The average molecular weight is 261 g/mol. The van der Waals surface area contributed by atoms with Crippen LogP contribution in [0, 0.1) is 25.5 Å². The number of hydrogen-bond acceptors (Lipinski definition) is 2. The maximum atomic E-state index is 13.2. The zero-order chi connectivity index (χ0) is 14.2. The summed E-state index contributed by atoms with van der Waals surface area (Å²) in [7, 11) is 0. The lowest BCUT2D eigenvalue weighted by Crippen LogP contribution is -2.08. The second-order valence-electron chi connectivity index (χ2n) is 4.50. The van der Waals surface area contributed by atoms with E-state index in [2.05, 4.69) is 0 Å². The third-order valence-corrected chi connectivity index (χ3v) is 2.96. The molecular formula is C15H13F2NO. The molecule has 2 aromatic carbocycles. The molecule has 0 aromatic heterocycles. The predicted octanol–water partition coefficient (Wildman–Crippen LogP) is 3.39. The summed E-state index contributed by atoms with van der Waals surface area (Å²) in [6.07, 6.45) is 0. The van der Waals surface area contributed by atoms with E-state index in [4.69, 9.17) is 5.73 Å². The van der Waals surface area contributed by atoms with Gasteiger partial charge in [0, 0.05) is 22.9 Å². The van der Waals surface area contributed by atoms with E-state index in [1.807, 2.05) is 13.0 Å². The Kier molecular flexibility index (Phi) is 3.34. The molecule has 19 heavy (non-hydrogen) atoms. The second-order valence-corrected chi connectivity index (χ2v) is 4.50. The summed E-state index contributed by atoms with van der Waals surface area (Å²) in [4.78, 5) is 12.3. The molecule has 2 aromatic rings. The van der Waals surface area contributed by atoms with Crippen LogP contribution in [0.3, 0.4) is 0 Å². The standard InChI is InChI=1S/C15H13F2NO/c1-8-3-4-10(9(2)5-8)15(19)11-6-12(16)13(17)7-14(11)18/h3-7H,18H2,1-2H3. The Morgan fingerprint density at radius 2 is 1.63 bits per heavy atom. The molecule has 0 bridgehead atoms. The number of nitrogen functional groups attached to an aromatic ring is 1. The number of anilines is 1. The van der Waals surface area contributed by atoms with Gasteiger partial charge < -0.3 is 5.73 Å².